The Labute approximate surface area is 180 Å². The first-order chi connectivity index (χ1) is 14.9. The van der Waals surface area contributed by atoms with Gasteiger partial charge in [0.2, 0.25) is 5.91 Å². The molecule has 5 atom stereocenters. The van der Waals surface area contributed by atoms with Crippen molar-refractivity contribution >= 4 is 5.91 Å². The van der Waals surface area contributed by atoms with Crippen LogP contribution in [-0.4, -0.2) is 28.8 Å². The summed E-state index contributed by atoms with van der Waals surface area (Å²) in [6, 6.07) is 5.29. The number of amides is 1. The van der Waals surface area contributed by atoms with E-state index in [1.54, 1.807) is 6.07 Å². The molecule has 5 nitrogen and oxygen atoms in total. The fraction of sp³-hybridized carbons (Fsp3) is 0.458. The standard InChI is InChI=1S/C24H25F2N3O2/c1-5-14-15-11-19(21-17(25)9-8-10-18(21)26)28-29-22(15)24(12-16(14)13(24)4)31-20(6-2)23(30)27-7-3/h1,8-11,13-14,16,20H,6-7,12H2,2-4H3,(H,27,30)/t13?,14-,16?,20-,24-/m1/s1. The molecule has 0 radical (unpaired) electrons. The number of rotatable bonds is 6. The number of halogens is 2. The molecular formula is C24H25F2N3O2. The zero-order valence-corrected chi connectivity index (χ0v) is 17.8. The van der Waals surface area contributed by atoms with Crippen molar-refractivity contribution in [2.24, 2.45) is 11.8 Å². The number of likely N-dealkylation sites (N-methyl/N-ethyl adjacent to an activating group) is 1. The molecule has 0 saturated heterocycles. The minimum absolute atomic E-state index is 0.0369. The van der Waals surface area contributed by atoms with Gasteiger partial charge in [-0.1, -0.05) is 25.8 Å². The quantitative estimate of drug-likeness (QED) is 0.713. The molecule has 1 heterocycles. The molecule has 3 aliphatic carbocycles. The van der Waals surface area contributed by atoms with Crippen molar-refractivity contribution in [3.05, 3.63) is 47.2 Å². The minimum Gasteiger partial charge on any atom is -0.355 e. The molecule has 3 aliphatic rings. The number of nitrogens with zero attached hydrogens (tertiary/aromatic N) is 2. The van der Waals surface area contributed by atoms with Crippen LogP contribution in [0.15, 0.2) is 24.3 Å². The van der Waals surface area contributed by atoms with Gasteiger partial charge in [-0.05, 0) is 55.4 Å². The van der Waals surface area contributed by atoms with Crippen molar-refractivity contribution in [1.29, 1.82) is 0 Å². The molecular weight excluding hydrogens is 400 g/mol. The molecule has 31 heavy (non-hydrogen) atoms. The Kier molecular flexibility index (Phi) is 5.52. The van der Waals surface area contributed by atoms with Gasteiger partial charge >= 0.3 is 0 Å². The summed E-state index contributed by atoms with van der Waals surface area (Å²) in [5, 5.41) is 11.3. The zero-order chi connectivity index (χ0) is 22.3. The van der Waals surface area contributed by atoms with Crippen LogP contribution >= 0.6 is 0 Å². The predicted molar refractivity (Wildman–Crippen MR) is 112 cm³/mol. The summed E-state index contributed by atoms with van der Waals surface area (Å²) < 4.78 is 35.1. The first-order valence-corrected chi connectivity index (χ1v) is 10.6. The Morgan fingerprint density at radius 1 is 1.35 bits per heavy atom. The third-order valence-electron chi connectivity index (χ3n) is 6.67. The number of terminal acetylenes is 1. The van der Waals surface area contributed by atoms with E-state index < -0.39 is 23.3 Å². The van der Waals surface area contributed by atoms with E-state index in [-0.39, 0.29) is 34.9 Å². The molecule has 1 amide bonds. The van der Waals surface area contributed by atoms with Gasteiger partial charge in [-0.3, -0.25) is 4.79 Å². The normalized spacial score (nSPS) is 26.9. The van der Waals surface area contributed by atoms with E-state index in [0.29, 0.717) is 30.6 Å². The largest absolute Gasteiger partial charge is 0.355 e. The van der Waals surface area contributed by atoms with Crippen molar-refractivity contribution in [3.8, 4) is 23.6 Å². The summed E-state index contributed by atoms with van der Waals surface area (Å²) in [5.74, 6) is 1.13. The van der Waals surface area contributed by atoms with Crippen LogP contribution in [0.25, 0.3) is 11.3 Å². The summed E-state index contributed by atoms with van der Waals surface area (Å²) in [6.45, 7) is 6.29. The van der Waals surface area contributed by atoms with Gasteiger partial charge in [0.15, 0.2) is 0 Å². The van der Waals surface area contributed by atoms with Gasteiger partial charge in [0.05, 0.1) is 22.9 Å². The number of nitrogens with one attached hydrogen (secondary N) is 1. The van der Waals surface area contributed by atoms with Gasteiger partial charge in [-0.25, -0.2) is 8.78 Å². The number of benzene rings is 1. The van der Waals surface area contributed by atoms with Crippen LogP contribution in [0.5, 0.6) is 0 Å². The molecule has 1 N–H and O–H groups in total. The van der Waals surface area contributed by atoms with E-state index in [2.05, 4.69) is 21.4 Å². The second-order valence-electron chi connectivity index (χ2n) is 8.23. The Morgan fingerprint density at radius 3 is 2.65 bits per heavy atom. The predicted octanol–water partition coefficient (Wildman–Crippen LogP) is 3.93. The maximum Gasteiger partial charge on any atom is 0.249 e. The number of carbonyl (C=O) groups excluding carboxylic acids is 1. The molecule has 1 saturated carbocycles. The first-order valence-electron chi connectivity index (χ1n) is 10.6. The summed E-state index contributed by atoms with van der Waals surface area (Å²) in [5.41, 5.74) is 0.321. The Morgan fingerprint density at radius 2 is 2.06 bits per heavy atom. The van der Waals surface area contributed by atoms with E-state index in [4.69, 9.17) is 11.2 Å². The number of carbonyl (C=O) groups is 1. The molecule has 2 bridgehead atoms. The van der Waals surface area contributed by atoms with E-state index in [1.165, 1.54) is 18.2 Å². The summed E-state index contributed by atoms with van der Waals surface area (Å²) >= 11 is 0. The summed E-state index contributed by atoms with van der Waals surface area (Å²) in [4.78, 5) is 12.5. The van der Waals surface area contributed by atoms with Crippen molar-refractivity contribution in [2.45, 2.75) is 51.2 Å². The third kappa shape index (κ3) is 3.21. The van der Waals surface area contributed by atoms with Crippen LogP contribution < -0.4 is 5.32 Å². The van der Waals surface area contributed by atoms with Crippen molar-refractivity contribution < 1.29 is 18.3 Å². The van der Waals surface area contributed by atoms with Crippen LogP contribution in [0, 0.1) is 35.8 Å². The average Bonchev–Trinajstić information content (AvgIpc) is 2.76. The third-order valence-corrected chi connectivity index (χ3v) is 6.67. The average molecular weight is 425 g/mol. The van der Waals surface area contributed by atoms with Crippen LogP contribution in [0.1, 0.15) is 50.8 Å². The molecule has 0 aliphatic heterocycles. The van der Waals surface area contributed by atoms with E-state index in [0.717, 1.165) is 0 Å². The minimum atomic E-state index is -0.793. The number of hydrogen-bond acceptors (Lipinski definition) is 4. The lowest BCUT2D eigenvalue weighted by atomic mass is 9.50. The fourth-order valence-electron chi connectivity index (χ4n) is 4.97. The van der Waals surface area contributed by atoms with Gasteiger partial charge in [0, 0.05) is 6.54 Å². The van der Waals surface area contributed by atoms with Crippen LogP contribution in [-0.2, 0) is 15.1 Å². The summed E-state index contributed by atoms with van der Waals surface area (Å²) in [7, 11) is 0. The molecule has 1 fully saturated rings. The molecule has 0 spiro atoms. The number of aromatic nitrogens is 2. The van der Waals surface area contributed by atoms with Gasteiger partial charge in [0.25, 0.3) is 0 Å². The Balaban J connectivity index is 1.79. The topological polar surface area (TPSA) is 64.1 Å². The van der Waals surface area contributed by atoms with Gasteiger partial charge in [-0.15, -0.1) is 11.5 Å². The lowest BCUT2D eigenvalue weighted by Crippen LogP contribution is -2.60. The highest BCUT2D eigenvalue weighted by molar-refractivity contribution is 5.80. The Hall–Kier alpha value is -2.85. The molecule has 5 rings (SSSR count). The lowest BCUT2D eigenvalue weighted by molar-refractivity contribution is -0.223. The highest BCUT2D eigenvalue weighted by Gasteiger charge is 2.63. The maximum atomic E-state index is 14.3. The second kappa shape index (κ2) is 8.01. The number of ether oxygens (including phenoxy) is 1. The highest BCUT2D eigenvalue weighted by Crippen LogP contribution is 2.63. The summed E-state index contributed by atoms with van der Waals surface area (Å²) in [6.07, 6.45) is 6.35. The molecule has 1 aromatic heterocycles. The maximum absolute atomic E-state index is 14.3. The number of hydrogen-bond donors (Lipinski definition) is 1. The molecule has 7 heteroatoms. The molecule has 162 valence electrons. The van der Waals surface area contributed by atoms with E-state index in [9.17, 15) is 13.6 Å². The second-order valence-corrected chi connectivity index (χ2v) is 8.23. The van der Waals surface area contributed by atoms with Crippen molar-refractivity contribution in [3.63, 3.8) is 0 Å². The molecule has 2 unspecified atom stereocenters. The van der Waals surface area contributed by atoms with Gasteiger partial charge in [-0.2, -0.15) is 5.10 Å². The van der Waals surface area contributed by atoms with Crippen LogP contribution in [0.3, 0.4) is 0 Å². The molecule has 1 aromatic carbocycles. The van der Waals surface area contributed by atoms with Crippen molar-refractivity contribution in [2.75, 3.05) is 6.54 Å². The monoisotopic (exact) mass is 425 g/mol. The first kappa shape index (κ1) is 21.4. The lowest BCUT2D eigenvalue weighted by Gasteiger charge is -2.59. The van der Waals surface area contributed by atoms with E-state index >= 15 is 0 Å². The SMILES string of the molecule is C#C[C@@H]1c2cc(-c3c(F)cccc3F)nnc2[C@@]2(O[C@H](CC)C(=O)NCC)CC1C2C. The van der Waals surface area contributed by atoms with Crippen LogP contribution in [0.4, 0.5) is 8.78 Å². The Bertz CT molecular complexity index is 1050. The van der Waals surface area contributed by atoms with E-state index in [1.807, 2.05) is 20.8 Å². The van der Waals surface area contributed by atoms with Gasteiger partial charge in [0.1, 0.15) is 23.3 Å². The fourth-order valence-corrected chi connectivity index (χ4v) is 4.97. The van der Waals surface area contributed by atoms with Crippen LogP contribution in [0.2, 0.25) is 0 Å². The smallest absolute Gasteiger partial charge is 0.249 e. The zero-order valence-electron chi connectivity index (χ0n) is 17.8. The van der Waals surface area contributed by atoms with Crippen molar-refractivity contribution in [1.82, 2.24) is 15.5 Å². The highest BCUT2D eigenvalue weighted by atomic mass is 19.1. The van der Waals surface area contributed by atoms with Gasteiger partial charge < -0.3 is 10.1 Å². The molecule has 2 aromatic rings.